The average Bonchev–Trinajstić information content (AvgIpc) is 2.68. The fourth-order valence-electron chi connectivity index (χ4n) is 3.65. The number of aromatic nitrogens is 1. The zero-order valence-corrected chi connectivity index (χ0v) is 16.5. The number of rotatable bonds is 5. The van der Waals surface area contributed by atoms with Crippen LogP contribution in [0, 0.1) is 0 Å². The Morgan fingerprint density at radius 2 is 1.81 bits per heavy atom. The number of hydrogen-bond acceptors (Lipinski definition) is 4. The molecule has 0 saturated carbocycles. The van der Waals surface area contributed by atoms with E-state index < -0.39 is 10.0 Å². The Kier molecular flexibility index (Phi) is 5.92. The van der Waals surface area contributed by atoms with Crippen LogP contribution in [0.1, 0.15) is 30.1 Å². The number of likely N-dealkylation sites (tertiary alicyclic amines) is 1. The summed E-state index contributed by atoms with van der Waals surface area (Å²) in [5.41, 5.74) is 2.49. The molecule has 2 aromatic rings. The fraction of sp³-hybridized carbons (Fsp3) is 0.400. The van der Waals surface area contributed by atoms with Crippen LogP contribution in [0.15, 0.2) is 48.8 Å². The van der Waals surface area contributed by atoms with E-state index >= 15 is 0 Å². The molecule has 1 fully saturated rings. The summed E-state index contributed by atoms with van der Waals surface area (Å²) in [6.45, 7) is 3.40. The van der Waals surface area contributed by atoms with Crippen molar-refractivity contribution in [3.63, 3.8) is 0 Å². The van der Waals surface area contributed by atoms with Crippen LogP contribution in [0.4, 0.5) is 0 Å². The van der Waals surface area contributed by atoms with Crippen LogP contribution in [0.3, 0.4) is 0 Å². The number of pyridine rings is 1. The summed E-state index contributed by atoms with van der Waals surface area (Å²) >= 11 is 0. The lowest BCUT2D eigenvalue weighted by atomic mass is 10.0. The van der Waals surface area contributed by atoms with E-state index in [-0.39, 0.29) is 11.9 Å². The van der Waals surface area contributed by atoms with Gasteiger partial charge >= 0.3 is 0 Å². The van der Waals surface area contributed by atoms with Crippen molar-refractivity contribution in [2.45, 2.75) is 25.8 Å². The molecule has 0 spiro atoms. The van der Waals surface area contributed by atoms with Gasteiger partial charge in [-0.25, -0.2) is 8.42 Å². The quantitative estimate of drug-likeness (QED) is 0.791. The summed E-state index contributed by atoms with van der Waals surface area (Å²) in [6, 6.07) is 11.7. The summed E-state index contributed by atoms with van der Waals surface area (Å²) < 4.78 is 25.4. The number of nitrogens with zero attached hydrogens (tertiary/aromatic N) is 3. The molecule has 0 N–H and O–H groups in total. The van der Waals surface area contributed by atoms with Gasteiger partial charge in [0.05, 0.1) is 11.8 Å². The zero-order valence-electron chi connectivity index (χ0n) is 15.7. The van der Waals surface area contributed by atoms with Crippen LogP contribution in [-0.4, -0.2) is 60.4 Å². The maximum absolute atomic E-state index is 12.9. The summed E-state index contributed by atoms with van der Waals surface area (Å²) in [5, 5.41) is 0. The first-order valence-electron chi connectivity index (χ1n) is 9.16. The molecule has 0 atom stereocenters. The highest BCUT2D eigenvalue weighted by molar-refractivity contribution is 7.88. The SMILES string of the molecule is CCN(C1CCN(C(=O)c2cncc(-c3ccccc3)c2)CC1)S(C)(=O)=O. The third-order valence-corrected chi connectivity index (χ3v) is 6.40. The lowest BCUT2D eigenvalue weighted by Gasteiger charge is -2.36. The van der Waals surface area contributed by atoms with Crippen LogP contribution in [0.2, 0.25) is 0 Å². The Morgan fingerprint density at radius 3 is 2.41 bits per heavy atom. The molecule has 3 rings (SSSR count). The summed E-state index contributed by atoms with van der Waals surface area (Å²) in [4.78, 5) is 18.9. The number of carbonyl (C=O) groups is 1. The highest BCUT2D eigenvalue weighted by atomic mass is 32.2. The number of benzene rings is 1. The molecule has 0 bridgehead atoms. The molecule has 1 aromatic heterocycles. The summed E-state index contributed by atoms with van der Waals surface area (Å²) in [5.74, 6) is -0.0545. The van der Waals surface area contributed by atoms with Crippen LogP contribution < -0.4 is 0 Å². The fourth-order valence-corrected chi connectivity index (χ4v) is 4.87. The van der Waals surface area contributed by atoms with Crippen LogP contribution >= 0.6 is 0 Å². The Labute approximate surface area is 160 Å². The van der Waals surface area contributed by atoms with E-state index in [9.17, 15) is 13.2 Å². The molecule has 0 radical (unpaired) electrons. The Morgan fingerprint density at radius 1 is 1.15 bits per heavy atom. The second-order valence-corrected chi connectivity index (χ2v) is 8.75. The van der Waals surface area contributed by atoms with Crippen molar-refractivity contribution in [3.8, 4) is 11.1 Å². The van der Waals surface area contributed by atoms with E-state index in [2.05, 4.69) is 4.98 Å². The first-order valence-corrected chi connectivity index (χ1v) is 11.0. The van der Waals surface area contributed by atoms with Gasteiger partial charge in [-0.15, -0.1) is 0 Å². The molecule has 6 nitrogen and oxygen atoms in total. The van der Waals surface area contributed by atoms with Crippen molar-refractivity contribution in [2.75, 3.05) is 25.9 Å². The lowest BCUT2D eigenvalue weighted by molar-refractivity contribution is 0.0680. The first-order chi connectivity index (χ1) is 12.9. The molecule has 0 unspecified atom stereocenters. The molecule has 1 aromatic carbocycles. The van der Waals surface area contributed by atoms with Gasteiger partial charge in [0.15, 0.2) is 0 Å². The van der Waals surface area contributed by atoms with E-state index in [1.807, 2.05) is 43.3 Å². The van der Waals surface area contributed by atoms with Gasteiger partial charge in [0.25, 0.3) is 5.91 Å². The maximum atomic E-state index is 12.9. The number of carbonyl (C=O) groups excluding carboxylic acids is 1. The van der Waals surface area contributed by atoms with Gasteiger partial charge in [-0.05, 0) is 24.5 Å². The van der Waals surface area contributed by atoms with Gasteiger partial charge in [0.1, 0.15) is 0 Å². The topological polar surface area (TPSA) is 70.6 Å². The number of sulfonamides is 1. The summed E-state index contributed by atoms with van der Waals surface area (Å²) in [7, 11) is -3.22. The lowest BCUT2D eigenvalue weighted by Crippen LogP contribution is -2.48. The number of amides is 1. The standard InChI is InChI=1S/C20H25N3O3S/c1-3-23(27(2,25)26)19-9-11-22(12-10-19)20(24)18-13-17(14-21-15-18)16-7-5-4-6-8-16/h4-8,13-15,19H,3,9-12H2,1-2H3. The predicted molar refractivity (Wildman–Crippen MR) is 106 cm³/mol. The minimum Gasteiger partial charge on any atom is -0.338 e. The first kappa shape index (κ1) is 19.5. The van der Waals surface area contributed by atoms with E-state index in [1.54, 1.807) is 17.3 Å². The van der Waals surface area contributed by atoms with Gasteiger partial charge in [-0.1, -0.05) is 37.3 Å². The largest absolute Gasteiger partial charge is 0.338 e. The highest BCUT2D eigenvalue weighted by Crippen LogP contribution is 2.23. The minimum atomic E-state index is -3.22. The van der Waals surface area contributed by atoms with Crippen molar-refractivity contribution >= 4 is 15.9 Å². The van der Waals surface area contributed by atoms with Gasteiger partial charge in [0.2, 0.25) is 10.0 Å². The Hall–Kier alpha value is -2.25. The monoisotopic (exact) mass is 387 g/mol. The van der Waals surface area contributed by atoms with Crippen molar-refractivity contribution in [2.24, 2.45) is 0 Å². The van der Waals surface area contributed by atoms with Gasteiger partial charge < -0.3 is 4.90 Å². The second-order valence-electron chi connectivity index (χ2n) is 6.82. The molecule has 2 heterocycles. The molecule has 1 saturated heterocycles. The maximum Gasteiger partial charge on any atom is 0.255 e. The smallest absolute Gasteiger partial charge is 0.255 e. The number of hydrogen-bond donors (Lipinski definition) is 0. The molecule has 144 valence electrons. The normalized spacial score (nSPS) is 15.9. The molecular formula is C20H25N3O3S. The highest BCUT2D eigenvalue weighted by Gasteiger charge is 2.30. The Bertz CT molecular complexity index is 892. The van der Waals surface area contributed by atoms with Gasteiger partial charge in [-0.3, -0.25) is 9.78 Å². The number of piperidine rings is 1. The molecule has 7 heteroatoms. The van der Waals surface area contributed by atoms with Crippen LogP contribution in [-0.2, 0) is 10.0 Å². The van der Waals surface area contributed by atoms with Gasteiger partial charge in [0, 0.05) is 43.6 Å². The molecule has 1 amide bonds. The van der Waals surface area contributed by atoms with Crippen LogP contribution in [0.25, 0.3) is 11.1 Å². The molecule has 1 aliphatic heterocycles. The predicted octanol–water partition coefficient (Wildman–Crippen LogP) is 2.63. The minimum absolute atomic E-state index is 0.0390. The van der Waals surface area contributed by atoms with E-state index in [4.69, 9.17) is 0 Å². The van der Waals surface area contributed by atoms with E-state index in [0.717, 1.165) is 11.1 Å². The second kappa shape index (κ2) is 8.19. The van der Waals surface area contributed by atoms with Crippen molar-refractivity contribution in [1.82, 2.24) is 14.2 Å². The van der Waals surface area contributed by atoms with Crippen molar-refractivity contribution in [1.29, 1.82) is 0 Å². The molecule has 1 aliphatic rings. The summed E-state index contributed by atoms with van der Waals surface area (Å²) in [6.07, 6.45) is 5.89. The van der Waals surface area contributed by atoms with Crippen LogP contribution in [0.5, 0.6) is 0 Å². The molecule has 27 heavy (non-hydrogen) atoms. The molecular weight excluding hydrogens is 362 g/mol. The zero-order chi connectivity index (χ0) is 19.4. The third-order valence-electron chi connectivity index (χ3n) is 4.99. The van der Waals surface area contributed by atoms with Crippen molar-refractivity contribution < 1.29 is 13.2 Å². The van der Waals surface area contributed by atoms with Crippen molar-refractivity contribution in [3.05, 3.63) is 54.4 Å². The molecule has 0 aliphatic carbocycles. The van der Waals surface area contributed by atoms with Gasteiger partial charge in [-0.2, -0.15) is 4.31 Å². The van der Waals surface area contributed by atoms with E-state index in [1.165, 1.54) is 10.6 Å². The van der Waals surface area contributed by atoms with E-state index in [0.29, 0.717) is 38.0 Å². The Balaban J connectivity index is 1.70. The third kappa shape index (κ3) is 4.54. The average molecular weight is 388 g/mol.